The Morgan fingerprint density at radius 2 is 2.29 bits per heavy atom. The van der Waals surface area contributed by atoms with Gasteiger partial charge in [0.05, 0.1) is 16.0 Å². The maximum Gasteiger partial charge on any atom is 0.280 e. The molecule has 0 aliphatic carbocycles. The van der Waals surface area contributed by atoms with Crippen LogP contribution in [0.5, 0.6) is 10.9 Å². The molecule has 0 unspecified atom stereocenters. The molecule has 1 aromatic heterocycles. The summed E-state index contributed by atoms with van der Waals surface area (Å²) in [6.45, 7) is 1.87. The number of aliphatic hydroxyl groups is 1. The van der Waals surface area contributed by atoms with E-state index in [1.807, 2.05) is 25.1 Å². The van der Waals surface area contributed by atoms with E-state index in [1.54, 1.807) is 0 Å². The van der Waals surface area contributed by atoms with Gasteiger partial charge in [0.1, 0.15) is 10.9 Å². The molecule has 17 heavy (non-hydrogen) atoms. The average Bonchev–Trinajstić information content (AvgIpc) is 2.63. The van der Waals surface area contributed by atoms with Gasteiger partial charge in [-0.05, 0) is 40.5 Å². The van der Waals surface area contributed by atoms with E-state index in [4.69, 9.17) is 21.4 Å². The van der Waals surface area contributed by atoms with Crippen LogP contribution < -0.4 is 4.74 Å². The van der Waals surface area contributed by atoms with E-state index in [-0.39, 0.29) is 11.8 Å². The highest BCUT2D eigenvalue weighted by Crippen LogP contribution is 2.35. The van der Waals surface area contributed by atoms with Gasteiger partial charge in [0.15, 0.2) is 0 Å². The normalized spacial score (nSPS) is 10.6. The minimum absolute atomic E-state index is 0.130. The van der Waals surface area contributed by atoms with Crippen LogP contribution in [0.4, 0.5) is 0 Å². The van der Waals surface area contributed by atoms with Crippen molar-refractivity contribution < 1.29 is 9.84 Å². The molecule has 1 heterocycles. The Hall–Kier alpha value is -0.620. The lowest BCUT2D eigenvalue weighted by atomic mass is 10.2. The van der Waals surface area contributed by atoms with Crippen molar-refractivity contribution in [2.45, 2.75) is 13.5 Å². The summed E-state index contributed by atoms with van der Waals surface area (Å²) in [6, 6.07) is 5.76. The first-order valence-electron chi connectivity index (χ1n) is 4.80. The highest BCUT2D eigenvalue weighted by molar-refractivity contribution is 9.10. The lowest BCUT2D eigenvalue weighted by Gasteiger charge is -2.04. The SMILES string of the molecule is Cc1ccc(Oc2nc(Cl)c(CO)s2)c(Br)c1. The Balaban J connectivity index is 2.25. The van der Waals surface area contributed by atoms with Crippen molar-refractivity contribution in [3.63, 3.8) is 0 Å². The first-order chi connectivity index (χ1) is 8.10. The first-order valence-corrected chi connectivity index (χ1v) is 6.79. The van der Waals surface area contributed by atoms with E-state index < -0.39 is 0 Å². The zero-order valence-corrected chi connectivity index (χ0v) is 12.1. The summed E-state index contributed by atoms with van der Waals surface area (Å²) < 4.78 is 6.45. The summed E-state index contributed by atoms with van der Waals surface area (Å²) in [5.74, 6) is 0.672. The molecule has 0 saturated carbocycles. The molecule has 2 rings (SSSR count). The van der Waals surface area contributed by atoms with E-state index in [2.05, 4.69) is 20.9 Å². The number of benzene rings is 1. The van der Waals surface area contributed by atoms with Crippen molar-refractivity contribution >= 4 is 38.9 Å². The van der Waals surface area contributed by atoms with Gasteiger partial charge in [0, 0.05) is 0 Å². The Kier molecular flexibility index (Phi) is 4.04. The predicted molar refractivity (Wildman–Crippen MR) is 72.0 cm³/mol. The predicted octanol–water partition coefficient (Wildman–Crippen LogP) is 4.15. The van der Waals surface area contributed by atoms with Crippen LogP contribution in [0.2, 0.25) is 5.15 Å². The van der Waals surface area contributed by atoms with E-state index in [0.29, 0.717) is 15.8 Å². The lowest BCUT2D eigenvalue weighted by molar-refractivity contribution is 0.285. The largest absolute Gasteiger partial charge is 0.430 e. The summed E-state index contributed by atoms with van der Waals surface area (Å²) in [6.07, 6.45) is 0. The van der Waals surface area contributed by atoms with Crippen molar-refractivity contribution in [3.8, 4) is 10.9 Å². The molecule has 1 N–H and O–H groups in total. The molecule has 0 spiro atoms. The fourth-order valence-electron chi connectivity index (χ4n) is 1.24. The van der Waals surface area contributed by atoms with Crippen molar-refractivity contribution in [2.75, 3.05) is 0 Å². The van der Waals surface area contributed by atoms with Crippen LogP contribution in [0.15, 0.2) is 22.7 Å². The Bertz CT molecular complexity index is 544. The number of aromatic nitrogens is 1. The average molecular weight is 335 g/mol. The van der Waals surface area contributed by atoms with E-state index in [0.717, 1.165) is 10.0 Å². The van der Waals surface area contributed by atoms with Crippen LogP contribution in [0.3, 0.4) is 0 Å². The second-order valence-corrected chi connectivity index (χ2v) is 5.65. The number of hydrogen-bond acceptors (Lipinski definition) is 4. The van der Waals surface area contributed by atoms with Crippen molar-refractivity contribution in [1.29, 1.82) is 0 Å². The molecule has 0 fully saturated rings. The molecule has 0 atom stereocenters. The smallest absolute Gasteiger partial charge is 0.280 e. The van der Waals surface area contributed by atoms with E-state index >= 15 is 0 Å². The third kappa shape index (κ3) is 2.98. The third-order valence-corrected chi connectivity index (χ3v) is 4.02. The van der Waals surface area contributed by atoms with Gasteiger partial charge in [-0.3, -0.25) is 0 Å². The van der Waals surface area contributed by atoms with Gasteiger partial charge in [-0.2, -0.15) is 4.98 Å². The summed E-state index contributed by atoms with van der Waals surface area (Å²) in [7, 11) is 0. The molecule has 90 valence electrons. The number of nitrogens with zero attached hydrogens (tertiary/aromatic N) is 1. The van der Waals surface area contributed by atoms with Crippen LogP contribution in [-0.4, -0.2) is 10.1 Å². The Morgan fingerprint density at radius 1 is 1.53 bits per heavy atom. The van der Waals surface area contributed by atoms with Crippen LogP contribution in [0.25, 0.3) is 0 Å². The molecule has 0 aliphatic heterocycles. The molecule has 1 aromatic carbocycles. The summed E-state index contributed by atoms with van der Waals surface area (Å²) in [4.78, 5) is 4.62. The second kappa shape index (κ2) is 5.35. The summed E-state index contributed by atoms with van der Waals surface area (Å²) in [5, 5.41) is 9.72. The number of hydrogen-bond donors (Lipinski definition) is 1. The molecular formula is C11H9BrClNO2S. The monoisotopic (exact) mass is 333 g/mol. The molecule has 0 saturated heterocycles. The number of ether oxygens (including phenoxy) is 1. The maximum atomic E-state index is 9.01. The molecule has 6 heteroatoms. The van der Waals surface area contributed by atoms with Crippen molar-refractivity contribution in [2.24, 2.45) is 0 Å². The minimum atomic E-state index is -0.130. The molecular weight excluding hydrogens is 326 g/mol. The molecule has 0 radical (unpaired) electrons. The highest BCUT2D eigenvalue weighted by atomic mass is 79.9. The highest BCUT2D eigenvalue weighted by Gasteiger charge is 2.11. The fraction of sp³-hybridized carbons (Fsp3) is 0.182. The van der Waals surface area contributed by atoms with Crippen molar-refractivity contribution in [3.05, 3.63) is 38.3 Å². The van der Waals surface area contributed by atoms with Gasteiger partial charge in [0.2, 0.25) is 0 Å². The second-order valence-electron chi connectivity index (χ2n) is 3.39. The molecule has 0 aliphatic rings. The summed E-state index contributed by atoms with van der Waals surface area (Å²) >= 11 is 10.5. The van der Waals surface area contributed by atoms with E-state index in [1.165, 1.54) is 11.3 Å². The van der Waals surface area contributed by atoms with Gasteiger partial charge >= 0.3 is 0 Å². The third-order valence-electron chi connectivity index (χ3n) is 2.06. The number of aliphatic hydroxyl groups excluding tert-OH is 1. The van der Waals surface area contributed by atoms with Gasteiger partial charge in [-0.25, -0.2) is 0 Å². The topological polar surface area (TPSA) is 42.4 Å². The van der Waals surface area contributed by atoms with Crippen LogP contribution >= 0.6 is 38.9 Å². The molecule has 0 bridgehead atoms. The maximum absolute atomic E-state index is 9.01. The van der Waals surface area contributed by atoms with E-state index in [9.17, 15) is 0 Å². The van der Waals surface area contributed by atoms with Crippen LogP contribution in [-0.2, 0) is 6.61 Å². The Labute approximate surface area is 116 Å². The molecule has 3 nitrogen and oxygen atoms in total. The number of rotatable bonds is 3. The quantitative estimate of drug-likeness (QED) is 0.917. The Morgan fingerprint density at radius 3 is 2.88 bits per heavy atom. The zero-order valence-electron chi connectivity index (χ0n) is 8.91. The van der Waals surface area contributed by atoms with Crippen molar-refractivity contribution in [1.82, 2.24) is 4.98 Å². The van der Waals surface area contributed by atoms with Crippen LogP contribution in [0.1, 0.15) is 10.4 Å². The molecule has 2 aromatic rings. The van der Waals surface area contributed by atoms with Gasteiger partial charge in [-0.15, -0.1) is 0 Å². The first kappa shape index (κ1) is 12.8. The number of aryl methyl sites for hydroxylation is 1. The fourth-order valence-corrected chi connectivity index (χ4v) is 2.79. The van der Waals surface area contributed by atoms with Crippen LogP contribution in [0, 0.1) is 6.92 Å². The standard InChI is InChI=1S/C11H9BrClNO2S/c1-6-2-3-8(7(12)4-6)16-11-14-10(13)9(5-15)17-11/h2-4,15H,5H2,1H3. The zero-order chi connectivity index (χ0) is 12.4. The minimum Gasteiger partial charge on any atom is -0.430 e. The van der Waals surface area contributed by atoms with Gasteiger partial charge in [-0.1, -0.05) is 29.0 Å². The number of halogens is 2. The molecule has 0 amide bonds. The van der Waals surface area contributed by atoms with Gasteiger partial charge in [0.25, 0.3) is 5.19 Å². The van der Waals surface area contributed by atoms with Gasteiger partial charge < -0.3 is 9.84 Å². The summed E-state index contributed by atoms with van der Waals surface area (Å²) in [5.41, 5.74) is 1.14. The number of thiazole rings is 1. The lowest BCUT2D eigenvalue weighted by Crippen LogP contribution is -1.85.